The van der Waals surface area contributed by atoms with Crippen LogP contribution >= 0.6 is 0 Å². The van der Waals surface area contributed by atoms with Gasteiger partial charge < -0.3 is 14.6 Å². The van der Waals surface area contributed by atoms with Gasteiger partial charge in [0, 0.05) is 11.1 Å². The molecular formula is C17H11F3O4. The molecule has 2 aromatic carbocycles. The van der Waals surface area contributed by atoms with Crippen LogP contribution in [-0.2, 0) is 0 Å². The normalized spacial score (nSPS) is 10.5. The number of benzene rings is 2. The maximum absolute atomic E-state index is 12.1. The molecule has 0 atom stereocenters. The zero-order valence-corrected chi connectivity index (χ0v) is 12.1. The van der Waals surface area contributed by atoms with Gasteiger partial charge >= 0.3 is 6.36 Å². The zero-order chi connectivity index (χ0) is 17.6. The smallest absolute Gasteiger partial charge is 0.467 e. The van der Waals surface area contributed by atoms with E-state index in [2.05, 4.69) is 16.6 Å². The van der Waals surface area contributed by atoms with E-state index < -0.39 is 13.2 Å². The number of carbonyl (C=O) groups is 1. The molecule has 0 aromatic heterocycles. The first-order chi connectivity index (χ1) is 11.4. The second-order valence-corrected chi connectivity index (χ2v) is 4.47. The fraction of sp³-hybridized carbons (Fsp3) is 0.118. The Morgan fingerprint density at radius 2 is 1.67 bits per heavy atom. The van der Waals surface area contributed by atoms with E-state index in [-0.39, 0.29) is 17.1 Å². The number of ether oxygens (including phenoxy) is 2. The summed E-state index contributed by atoms with van der Waals surface area (Å²) in [6, 6.07) is 9.65. The molecule has 0 aliphatic carbocycles. The van der Waals surface area contributed by atoms with Crippen LogP contribution < -0.4 is 9.47 Å². The van der Waals surface area contributed by atoms with Crippen molar-refractivity contribution in [3.8, 4) is 23.3 Å². The molecule has 1 N–H and O–H groups in total. The van der Waals surface area contributed by atoms with Gasteiger partial charge in [0.15, 0.2) is 13.1 Å². The van der Waals surface area contributed by atoms with Crippen molar-refractivity contribution in [2.75, 3.05) is 6.79 Å². The molecule has 0 spiro atoms. The summed E-state index contributed by atoms with van der Waals surface area (Å²) < 4.78 is 44.9. The quantitative estimate of drug-likeness (QED) is 0.529. The maximum atomic E-state index is 12.1. The summed E-state index contributed by atoms with van der Waals surface area (Å²) >= 11 is 0. The van der Waals surface area contributed by atoms with Gasteiger partial charge in [-0.25, -0.2) is 0 Å². The summed E-state index contributed by atoms with van der Waals surface area (Å²) in [5, 5.41) is 8.78. The predicted octanol–water partition coefficient (Wildman–Crippen LogP) is 3.13. The fourth-order valence-electron chi connectivity index (χ4n) is 1.79. The first-order valence-electron chi connectivity index (χ1n) is 6.62. The number of aldehydes is 1. The van der Waals surface area contributed by atoms with Crippen LogP contribution in [0.3, 0.4) is 0 Å². The maximum Gasteiger partial charge on any atom is 0.573 e. The van der Waals surface area contributed by atoms with Crippen molar-refractivity contribution in [2.24, 2.45) is 0 Å². The number of alkyl halides is 3. The van der Waals surface area contributed by atoms with Crippen LogP contribution in [0, 0.1) is 11.8 Å². The fourth-order valence-corrected chi connectivity index (χ4v) is 1.79. The minimum absolute atomic E-state index is 0.188. The zero-order valence-electron chi connectivity index (χ0n) is 12.1. The van der Waals surface area contributed by atoms with Crippen molar-refractivity contribution in [1.82, 2.24) is 0 Å². The van der Waals surface area contributed by atoms with Gasteiger partial charge in [-0.05, 0) is 42.5 Å². The third-order valence-corrected chi connectivity index (χ3v) is 2.80. The molecule has 7 heteroatoms. The molecule has 0 aliphatic heterocycles. The van der Waals surface area contributed by atoms with Crippen LogP contribution in [0.2, 0.25) is 0 Å². The van der Waals surface area contributed by atoms with Crippen molar-refractivity contribution in [3.05, 3.63) is 59.2 Å². The van der Waals surface area contributed by atoms with Crippen molar-refractivity contribution in [1.29, 1.82) is 0 Å². The van der Waals surface area contributed by atoms with Gasteiger partial charge in [-0.15, -0.1) is 13.2 Å². The highest BCUT2D eigenvalue weighted by Crippen LogP contribution is 2.22. The molecule has 0 unspecified atom stereocenters. The monoisotopic (exact) mass is 336 g/mol. The standard InChI is InChI=1S/C17H11F3O4/c18-17(19,20)24-15-7-4-12(5-8-15)1-2-13-3-6-14(10-21)16(9-13)23-11-22/h3-10,22H,11H2. The van der Waals surface area contributed by atoms with E-state index in [0.717, 1.165) is 12.1 Å². The Balaban J connectivity index is 2.17. The molecule has 24 heavy (non-hydrogen) atoms. The number of hydrogen-bond acceptors (Lipinski definition) is 4. The lowest BCUT2D eigenvalue weighted by Gasteiger charge is -2.08. The number of halogens is 3. The lowest BCUT2D eigenvalue weighted by molar-refractivity contribution is -0.274. The number of aliphatic hydroxyl groups excluding tert-OH is 1. The number of rotatable bonds is 4. The summed E-state index contributed by atoms with van der Waals surface area (Å²) in [5.41, 5.74) is 1.26. The van der Waals surface area contributed by atoms with Crippen LogP contribution in [-0.4, -0.2) is 24.5 Å². The third-order valence-electron chi connectivity index (χ3n) is 2.80. The van der Waals surface area contributed by atoms with E-state index >= 15 is 0 Å². The minimum Gasteiger partial charge on any atom is -0.467 e. The highest BCUT2D eigenvalue weighted by atomic mass is 19.4. The van der Waals surface area contributed by atoms with Crippen LogP contribution in [0.4, 0.5) is 13.2 Å². The SMILES string of the molecule is O=Cc1ccc(C#Cc2ccc(OC(F)(F)F)cc2)cc1OCO. The van der Waals surface area contributed by atoms with Crippen LogP contribution in [0.15, 0.2) is 42.5 Å². The van der Waals surface area contributed by atoms with Crippen molar-refractivity contribution in [3.63, 3.8) is 0 Å². The lowest BCUT2D eigenvalue weighted by atomic mass is 10.1. The van der Waals surface area contributed by atoms with Gasteiger partial charge in [0.1, 0.15) is 11.5 Å². The highest BCUT2D eigenvalue weighted by molar-refractivity contribution is 5.79. The Morgan fingerprint density at radius 1 is 1.04 bits per heavy atom. The molecule has 0 amide bonds. The predicted molar refractivity (Wildman–Crippen MR) is 78.6 cm³/mol. The van der Waals surface area contributed by atoms with Crippen LogP contribution in [0.5, 0.6) is 11.5 Å². The molecular weight excluding hydrogens is 325 g/mol. The Bertz CT molecular complexity index is 771. The number of aliphatic hydroxyl groups is 1. The van der Waals surface area contributed by atoms with Gasteiger partial charge in [0.2, 0.25) is 0 Å². The van der Waals surface area contributed by atoms with Crippen molar-refractivity contribution in [2.45, 2.75) is 6.36 Å². The van der Waals surface area contributed by atoms with Crippen molar-refractivity contribution < 1.29 is 32.5 Å². The molecule has 0 radical (unpaired) electrons. The Hall–Kier alpha value is -2.98. The third kappa shape index (κ3) is 5.04. The van der Waals surface area contributed by atoms with Gasteiger partial charge in [0.25, 0.3) is 0 Å². The molecule has 2 rings (SSSR count). The molecule has 2 aromatic rings. The average molecular weight is 336 g/mol. The van der Waals surface area contributed by atoms with E-state index in [1.54, 1.807) is 6.07 Å². The molecule has 0 saturated heterocycles. The number of hydrogen-bond donors (Lipinski definition) is 1. The van der Waals surface area contributed by atoms with Gasteiger partial charge in [-0.3, -0.25) is 4.79 Å². The highest BCUT2D eigenvalue weighted by Gasteiger charge is 2.30. The Morgan fingerprint density at radius 3 is 2.25 bits per heavy atom. The van der Waals surface area contributed by atoms with Crippen LogP contribution in [0.25, 0.3) is 0 Å². The Kier molecular flexibility index (Phi) is 5.45. The topological polar surface area (TPSA) is 55.8 Å². The largest absolute Gasteiger partial charge is 0.573 e. The van der Waals surface area contributed by atoms with Gasteiger partial charge in [-0.1, -0.05) is 11.8 Å². The van der Waals surface area contributed by atoms with Crippen LogP contribution in [0.1, 0.15) is 21.5 Å². The lowest BCUT2D eigenvalue weighted by Crippen LogP contribution is -2.16. The van der Waals surface area contributed by atoms with Crippen molar-refractivity contribution >= 4 is 6.29 Å². The molecule has 124 valence electrons. The van der Waals surface area contributed by atoms with E-state index in [9.17, 15) is 18.0 Å². The average Bonchev–Trinajstić information content (AvgIpc) is 2.53. The van der Waals surface area contributed by atoms with E-state index in [4.69, 9.17) is 9.84 Å². The molecule has 0 heterocycles. The summed E-state index contributed by atoms with van der Waals surface area (Å²) in [5.74, 6) is 5.41. The second kappa shape index (κ2) is 7.53. The molecule has 0 saturated carbocycles. The van der Waals surface area contributed by atoms with E-state index in [1.165, 1.54) is 24.3 Å². The van der Waals surface area contributed by atoms with Gasteiger partial charge in [0.05, 0.1) is 5.56 Å². The Labute approximate surface area is 135 Å². The first-order valence-corrected chi connectivity index (χ1v) is 6.62. The first kappa shape index (κ1) is 17.4. The molecule has 0 fully saturated rings. The second-order valence-electron chi connectivity index (χ2n) is 4.47. The summed E-state index contributed by atoms with van der Waals surface area (Å²) in [6.07, 6.45) is -4.15. The summed E-state index contributed by atoms with van der Waals surface area (Å²) in [7, 11) is 0. The molecule has 4 nitrogen and oxygen atoms in total. The van der Waals surface area contributed by atoms with E-state index in [1.807, 2.05) is 0 Å². The summed E-state index contributed by atoms with van der Waals surface area (Å²) in [6.45, 7) is -0.585. The molecule has 0 aliphatic rings. The number of carbonyl (C=O) groups excluding carboxylic acids is 1. The van der Waals surface area contributed by atoms with Gasteiger partial charge in [-0.2, -0.15) is 0 Å². The minimum atomic E-state index is -4.74. The summed E-state index contributed by atoms with van der Waals surface area (Å²) in [4.78, 5) is 10.8. The molecule has 0 bridgehead atoms. The van der Waals surface area contributed by atoms with E-state index in [0.29, 0.717) is 17.4 Å².